The Hall–Kier alpha value is -1.36. The number of hydrogen-bond acceptors (Lipinski definition) is 5. The second-order valence-electron chi connectivity index (χ2n) is 5.14. The molecule has 1 atom stereocenters. The Bertz CT molecular complexity index is 368. The van der Waals surface area contributed by atoms with Crippen LogP contribution in [0, 0.1) is 5.92 Å². The molecule has 1 N–H and O–H groups in total. The third-order valence-corrected chi connectivity index (χ3v) is 3.70. The highest BCUT2D eigenvalue weighted by atomic mass is 16.5. The van der Waals surface area contributed by atoms with Crippen LogP contribution in [0.4, 0.5) is 0 Å². The predicted molar refractivity (Wildman–Crippen MR) is 73.9 cm³/mol. The first-order chi connectivity index (χ1) is 9.44. The molecule has 20 heavy (non-hydrogen) atoms. The zero-order valence-corrected chi connectivity index (χ0v) is 12.3. The van der Waals surface area contributed by atoms with Gasteiger partial charge in [0.15, 0.2) is 0 Å². The molecule has 0 amide bonds. The normalized spacial score (nSPS) is 18.4. The van der Waals surface area contributed by atoms with Crippen molar-refractivity contribution in [1.82, 2.24) is 0 Å². The largest absolute Gasteiger partial charge is 0.466 e. The molecule has 1 aliphatic rings. The molecule has 0 aromatic carbocycles. The van der Waals surface area contributed by atoms with E-state index < -0.39 is 23.5 Å². The van der Waals surface area contributed by atoms with Crippen molar-refractivity contribution in [2.75, 3.05) is 13.2 Å². The average molecular weight is 284 g/mol. The summed E-state index contributed by atoms with van der Waals surface area (Å²) in [6.45, 7) is 7.59. The summed E-state index contributed by atoms with van der Waals surface area (Å²) in [5.74, 6) is -1.74. The van der Waals surface area contributed by atoms with Gasteiger partial charge in [-0.05, 0) is 33.1 Å². The van der Waals surface area contributed by atoms with Crippen LogP contribution in [0.15, 0.2) is 12.2 Å². The Morgan fingerprint density at radius 1 is 1.20 bits per heavy atom. The fourth-order valence-electron chi connectivity index (χ4n) is 2.63. The van der Waals surface area contributed by atoms with E-state index in [0.717, 1.165) is 12.8 Å². The molecule has 0 radical (unpaired) electrons. The van der Waals surface area contributed by atoms with Crippen molar-refractivity contribution < 1.29 is 24.2 Å². The highest BCUT2D eigenvalue weighted by Crippen LogP contribution is 2.39. The van der Waals surface area contributed by atoms with Gasteiger partial charge >= 0.3 is 11.9 Å². The molecule has 1 rings (SSSR count). The van der Waals surface area contributed by atoms with Crippen molar-refractivity contribution in [3.63, 3.8) is 0 Å². The molecule has 0 aromatic rings. The van der Waals surface area contributed by atoms with Crippen LogP contribution in [0.25, 0.3) is 0 Å². The lowest BCUT2D eigenvalue weighted by Crippen LogP contribution is -2.41. The van der Waals surface area contributed by atoms with Gasteiger partial charge in [-0.25, -0.2) is 4.79 Å². The van der Waals surface area contributed by atoms with Gasteiger partial charge in [-0.3, -0.25) is 4.79 Å². The van der Waals surface area contributed by atoms with Gasteiger partial charge in [0.2, 0.25) is 0 Å². The molecule has 0 aromatic heterocycles. The zero-order chi connectivity index (χ0) is 15.2. The van der Waals surface area contributed by atoms with E-state index in [1.54, 1.807) is 13.8 Å². The molecule has 5 heteroatoms. The van der Waals surface area contributed by atoms with Gasteiger partial charge in [-0.1, -0.05) is 19.4 Å². The van der Waals surface area contributed by atoms with Crippen LogP contribution in [-0.2, 0) is 19.1 Å². The third-order valence-electron chi connectivity index (χ3n) is 3.70. The van der Waals surface area contributed by atoms with Crippen LogP contribution in [0.1, 0.15) is 46.0 Å². The van der Waals surface area contributed by atoms with E-state index in [1.165, 1.54) is 0 Å². The van der Waals surface area contributed by atoms with E-state index in [4.69, 9.17) is 9.47 Å². The Morgan fingerprint density at radius 3 is 2.25 bits per heavy atom. The molecule has 0 saturated heterocycles. The van der Waals surface area contributed by atoms with Crippen LogP contribution in [0.2, 0.25) is 0 Å². The minimum absolute atomic E-state index is 0.0775. The number of hydrogen-bond donors (Lipinski definition) is 1. The fourth-order valence-corrected chi connectivity index (χ4v) is 2.63. The van der Waals surface area contributed by atoms with E-state index >= 15 is 0 Å². The lowest BCUT2D eigenvalue weighted by molar-refractivity contribution is -0.158. The molecule has 1 saturated carbocycles. The summed E-state index contributed by atoms with van der Waals surface area (Å²) >= 11 is 0. The quantitative estimate of drug-likeness (QED) is 0.571. The average Bonchev–Trinajstić information content (AvgIpc) is 2.83. The minimum Gasteiger partial charge on any atom is -0.466 e. The van der Waals surface area contributed by atoms with Crippen LogP contribution < -0.4 is 0 Å². The minimum atomic E-state index is -1.10. The van der Waals surface area contributed by atoms with Crippen LogP contribution in [-0.4, -0.2) is 35.9 Å². The summed E-state index contributed by atoms with van der Waals surface area (Å²) in [5.41, 5.74) is -0.896. The van der Waals surface area contributed by atoms with Crippen LogP contribution >= 0.6 is 0 Å². The lowest BCUT2D eigenvalue weighted by Gasteiger charge is -2.31. The number of carbonyl (C=O) groups excluding carboxylic acids is 2. The molecule has 1 aliphatic carbocycles. The highest BCUT2D eigenvalue weighted by molar-refractivity contribution is 5.89. The smallest absolute Gasteiger partial charge is 0.333 e. The SMILES string of the molecule is C=C(CC(C(=O)OCC)C1(O)CCCC1)C(=O)OCC. The Labute approximate surface area is 119 Å². The lowest BCUT2D eigenvalue weighted by atomic mass is 9.81. The van der Waals surface area contributed by atoms with Crippen LogP contribution in [0.3, 0.4) is 0 Å². The summed E-state index contributed by atoms with van der Waals surface area (Å²) < 4.78 is 9.90. The summed E-state index contributed by atoms with van der Waals surface area (Å²) in [7, 11) is 0. The summed E-state index contributed by atoms with van der Waals surface area (Å²) in [6, 6.07) is 0. The van der Waals surface area contributed by atoms with Crippen molar-refractivity contribution in [2.45, 2.75) is 51.6 Å². The zero-order valence-electron chi connectivity index (χ0n) is 12.3. The molecular weight excluding hydrogens is 260 g/mol. The monoisotopic (exact) mass is 284 g/mol. The van der Waals surface area contributed by atoms with Gasteiger partial charge in [0.25, 0.3) is 0 Å². The van der Waals surface area contributed by atoms with E-state index in [2.05, 4.69) is 6.58 Å². The standard InChI is InChI=1S/C15H24O5/c1-4-19-13(16)11(3)10-12(14(17)20-5-2)15(18)8-6-7-9-15/h12,18H,3-10H2,1-2H3. The first-order valence-corrected chi connectivity index (χ1v) is 7.18. The maximum atomic E-state index is 12.1. The number of carbonyl (C=O) groups is 2. The topological polar surface area (TPSA) is 72.8 Å². The Kier molecular flexibility index (Phi) is 6.20. The van der Waals surface area contributed by atoms with Gasteiger partial charge in [-0.2, -0.15) is 0 Å². The number of esters is 2. The molecular formula is C15H24O5. The molecule has 1 fully saturated rings. The predicted octanol–water partition coefficient (Wildman–Crippen LogP) is 1.98. The number of ether oxygens (including phenoxy) is 2. The second-order valence-corrected chi connectivity index (χ2v) is 5.14. The van der Waals surface area contributed by atoms with Gasteiger partial charge < -0.3 is 14.6 Å². The van der Waals surface area contributed by atoms with Gasteiger partial charge in [0, 0.05) is 5.57 Å². The maximum Gasteiger partial charge on any atom is 0.333 e. The Morgan fingerprint density at radius 2 is 1.75 bits per heavy atom. The van der Waals surface area contributed by atoms with Crippen molar-refractivity contribution in [2.24, 2.45) is 5.92 Å². The first kappa shape index (κ1) is 16.7. The van der Waals surface area contributed by atoms with E-state index in [1.807, 2.05) is 0 Å². The van der Waals surface area contributed by atoms with Gasteiger partial charge in [0.05, 0.1) is 24.7 Å². The third kappa shape index (κ3) is 4.07. The van der Waals surface area contributed by atoms with E-state index in [0.29, 0.717) is 12.8 Å². The summed E-state index contributed by atoms with van der Waals surface area (Å²) in [6.07, 6.45) is 2.92. The van der Waals surface area contributed by atoms with E-state index in [-0.39, 0.29) is 25.2 Å². The van der Waals surface area contributed by atoms with Crippen LogP contribution in [0.5, 0.6) is 0 Å². The molecule has 5 nitrogen and oxygen atoms in total. The number of rotatable bonds is 7. The molecule has 0 aliphatic heterocycles. The molecule has 0 spiro atoms. The van der Waals surface area contributed by atoms with Crippen molar-refractivity contribution in [3.8, 4) is 0 Å². The second kappa shape index (κ2) is 7.43. The van der Waals surface area contributed by atoms with Crippen molar-refractivity contribution >= 4 is 11.9 Å². The molecule has 1 unspecified atom stereocenters. The summed E-state index contributed by atoms with van der Waals surface area (Å²) in [5, 5.41) is 10.6. The molecule has 0 bridgehead atoms. The molecule has 0 heterocycles. The number of aliphatic hydroxyl groups is 1. The van der Waals surface area contributed by atoms with Gasteiger partial charge in [-0.15, -0.1) is 0 Å². The first-order valence-electron chi connectivity index (χ1n) is 7.18. The summed E-state index contributed by atoms with van der Waals surface area (Å²) in [4.78, 5) is 23.7. The highest BCUT2D eigenvalue weighted by Gasteiger charge is 2.44. The maximum absolute atomic E-state index is 12.1. The fraction of sp³-hybridized carbons (Fsp3) is 0.733. The van der Waals surface area contributed by atoms with E-state index in [9.17, 15) is 14.7 Å². The van der Waals surface area contributed by atoms with Gasteiger partial charge in [0.1, 0.15) is 0 Å². The van der Waals surface area contributed by atoms with Crippen molar-refractivity contribution in [1.29, 1.82) is 0 Å². The van der Waals surface area contributed by atoms with Crippen molar-refractivity contribution in [3.05, 3.63) is 12.2 Å². The molecule has 114 valence electrons. The Balaban J connectivity index is 2.80.